The minimum Gasteiger partial charge on any atom is -0.370 e. The highest BCUT2D eigenvalue weighted by atomic mass is 35.5. The van der Waals surface area contributed by atoms with Gasteiger partial charge in [0.1, 0.15) is 0 Å². The van der Waals surface area contributed by atoms with Gasteiger partial charge in [0.2, 0.25) is 0 Å². The molecule has 1 atom stereocenters. The number of nitrogens with zero attached hydrogens (tertiary/aromatic N) is 3. The molecule has 0 aliphatic rings. The maximum Gasteiger partial charge on any atom is 0.185 e. The highest BCUT2D eigenvalue weighted by Gasteiger charge is 2.13. The molecular weight excluding hydrogens is 250 g/mol. The molecule has 6 heteroatoms. The summed E-state index contributed by atoms with van der Waals surface area (Å²) < 4.78 is 1.82. The molecule has 0 saturated heterocycles. The highest BCUT2D eigenvalue weighted by molar-refractivity contribution is 6.30. The normalized spacial score (nSPS) is 12.1. The number of rotatable bonds is 4. The fraction of sp³-hybridized carbons (Fsp3) is 0.167. The smallest absolute Gasteiger partial charge is 0.185 e. The molecular formula is C12H14ClN5. The average Bonchev–Trinajstić information content (AvgIpc) is 2.85. The van der Waals surface area contributed by atoms with Gasteiger partial charge < -0.3 is 11.5 Å². The molecule has 0 amide bonds. The van der Waals surface area contributed by atoms with Crippen molar-refractivity contribution in [1.29, 1.82) is 0 Å². The summed E-state index contributed by atoms with van der Waals surface area (Å²) in [7, 11) is 0. The third kappa shape index (κ3) is 3.01. The summed E-state index contributed by atoms with van der Waals surface area (Å²) in [4.78, 5) is 4.06. The zero-order valence-corrected chi connectivity index (χ0v) is 10.5. The summed E-state index contributed by atoms with van der Waals surface area (Å²) >= 11 is 5.88. The van der Waals surface area contributed by atoms with E-state index in [1.54, 1.807) is 6.20 Å². The molecule has 0 spiro atoms. The van der Waals surface area contributed by atoms with Gasteiger partial charge in [-0.1, -0.05) is 23.7 Å². The van der Waals surface area contributed by atoms with E-state index < -0.39 is 0 Å². The lowest BCUT2D eigenvalue weighted by atomic mass is 10.1. The van der Waals surface area contributed by atoms with Crippen molar-refractivity contribution >= 4 is 17.6 Å². The second kappa shape index (κ2) is 5.55. The number of hydrogen-bond donors (Lipinski definition) is 2. The van der Waals surface area contributed by atoms with Crippen molar-refractivity contribution in [3.8, 4) is 0 Å². The molecule has 5 nitrogen and oxygen atoms in total. The average molecular weight is 264 g/mol. The summed E-state index contributed by atoms with van der Waals surface area (Å²) in [6, 6.07) is 9.37. The maximum absolute atomic E-state index is 5.88. The van der Waals surface area contributed by atoms with Crippen LogP contribution in [0.5, 0.6) is 0 Å². The first-order valence-corrected chi connectivity index (χ1v) is 5.84. The Morgan fingerprint density at radius 1 is 1.33 bits per heavy atom. The Labute approximate surface area is 110 Å². The lowest BCUT2D eigenvalue weighted by molar-refractivity contribution is 0.532. The third-order valence-corrected chi connectivity index (χ3v) is 2.80. The molecule has 0 radical (unpaired) electrons. The van der Waals surface area contributed by atoms with Gasteiger partial charge in [-0.05, 0) is 23.8 Å². The van der Waals surface area contributed by atoms with Gasteiger partial charge in [-0.25, -0.2) is 0 Å². The van der Waals surface area contributed by atoms with Crippen LogP contribution in [-0.4, -0.2) is 22.3 Å². The van der Waals surface area contributed by atoms with E-state index in [2.05, 4.69) is 10.1 Å². The van der Waals surface area contributed by atoms with Crippen LogP contribution in [0, 0.1) is 0 Å². The first-order chi connectivity index (χ1) is 8.66. The molecule has 0 aliphatic carbocycles. The number of benzene rings is 1. The molecule has 1 aromatic carbocycles. The minimum atomic E-state index is -0.0423. The first-order valence-electron chi connectivity index (χ1n) is 5.47. The molecule has 94 valence electrons. The predicted molar refractivity (Wildman–Crippen MR) is 72.5 cm³/mol. The molecule has 18 heavy (non-hydrogen) atoms. The number of guanidine groups is 1. The standard InChI is InChI=1S/C12H14ClN5/c13-10-4-2-9(3-5-10)11(8-16-12(14)15)18-7-1-6-17-18/h1-7,11H,8H2,(H4,14,15,16). The number of aromatic nitrogens is 2. The van der Waals surface area contributed by atoms with Gasteiger partial charge in [0.05, 0.1) is 12.6 Å². The SMILES string of the molecule is NC(N)=NCC(c1ccc(Cl)cc1)n1cccn1. The second-order valence-corrected chi connectivity index (χ2v) is 4.26. The molecule has 1 aromatic heterocycles. The summed E-state index contributed by atoms with van der Waals surface area (Å²) in [6.45, 7) is 0.436. The van der Waals surface area contributed by atoms with Crippen molar-refractivity contribution < 1.29 is 0 Å². The van der Waals surface area contributed by atoms with Crippen LogP contribution >= 0.6 is 11.6 Å². The van der Waals surface area contributed by atoms with Gasteiger partial charge in [-0.3, -0.25) is 9.67 Å². The second-order valence-electron chi connectivity index (χ2n) is 3.82. The molecule has 1 unspecified atom stereocenters. The summed E-state index contributed by atoms with van der Waals surface area (Å²) in [5, 5.41) is 4.92. The van der Waals surface area contributed by atoms with Crippen molar-refractivity contribution in [3.63, 3.8) is 0 Å². The van der Waals surface area contributed by atoms with Crippen molar-refractivity contribution in [2.24, 2.45) is 16.5 Å². The molecule has 0 fully saturated rings. The van der Waals surface area contributed by atoms with E-state index in [1.165, 1.54) is 0 Å². The van der Waals surface area contributed by atoms with Crippen molar-refractivity contribution in [2.45, 2.75) is 6.04 Å². The van der Waals surface area contributed by atoms with Crippen LogP contribution in [0.15, 0.2) is 47.7 Å². The zero-order chi connectivity index (χ0) is 13.0. The fourth-order valence-electron chi connectivity index (χ4n) is 1.68. The zero-order valence-electron chi connectivity index (χ0n) is 9.70. The number of hydrogen-bond acceptors (Lipinski definition) is 2. The van der Waals surface area contributed by atoms with E-state index in [0.29, 0.717) is 11.6 Å². The molecule has 0 saturated carbocycles. The molecule has 2 aromatic rings. The van der Waals surface area contributed by atoms with Gasteiger partial charge in [-0.15, -0.1) is 0 Å². The number of halogens is 1. The van der Waals surface area contributed by atoms with Crippen LogP contribution in [0.25, 0.3) is 0 Å². The third-order valence-electron chi connectivity index (χ3n) is 2.55. The minimum absolute atomic E-state index is 0.0423. The van der Waals surface area contributed by atoms with Crippen LogP contribution in [0.4, 0.5) is 0 Å². The Hall–Kier alpha value is -2.01. The van der Waals surface area contributed by atoms with Gasteiger partial charge in [0, 0.05) is 17.4 Å². The van der Waals surface area contributed by atoms with Crippen LogP contribution in [0.3, 0.4) is 0 Å². The summed E-state index contributed by atoms with van der Waals surface area (Å²) in [5.41, 5.74) is 11.8. The van der Waals surface area contributed by atoms with Gasteiger partial charge in [0.15, 0.2) is 5.96 Å². The first kappa shape index (κ1) is 12.4. The molecule has 4 N–H and O–H groups in total. The van der Waals surface area contributed by atoms with Gasteiger partial charge in [-0.2, -0.15) is 5.10 Å². The Balaban J connectivity index is 2.30. The maximum atomic E-state index is 5.88. The lowest BCUT2D eigenvalue weighted by Gasteiger charge is -2.16. The van der Waals surface area contributed by atoms with E-state index in [0.717, 1.165) is 5.56 Å². The Morgan fingerprint density at radius 3 is 2.61 bits per heavy atom. The predicted octanol–water partition coefficient (Wildman–Crippen LogP) is 1.40. The van der Waals surface area contributed by atoms with E-state index >= 15 is 0 Å². The molecule has 1 heterocycles. The van der Waals surface area contributed by atoms with E-state index in [4.69, 9.17) is 23.1 Å². The quantitative estimate of drug-likeness (QED) is 0.646. The van der Waals surface area contributed by atoms with Gasteiger partial charge >= 0.3 is 0 Å². The Bertz CT molecular complexity index is 514. The topological polar surface area (TPSA) is 82.2 Å². The lowest BCUT2D eigenvalue weighted by Crippen LogP contribution is -2.25. The largest absolute Gasteiger partial charge is 0.370 e. The van der Waals surface area contributed by atoms with Crippen molar-refractivity contribution in [2.75, 3.05) is 6.54 Å². The molecule has 0 bridgehead atoms. The van der Waals surface area contributed by atoms with Crippen LogP contribution in [-0.2, 0) is 0 Å². The number of aliphatic imine (C=N–C) groups is 1. The monoisotopic (exact) mass is 263 g/mol. The Kier molecular flexibility index (Phi) is 3.84. The van der Waals surface area contributed by atoms with Crippen LogP contribution in [0.1, 0.15) is 11.6 Å². The van der Waals surface area contributed by atoms with Crippen molar-refractivity contribution in [3.05, 3.63) is 53.3 Å². The molecule has 2 rings (SSSR count). The summed E-state index contributed by atoms with van der Waals surface area (Å²) in [6.07, 6.45) is 3.60. The van der Waals surface area contributed by atoms with E-state index in [9.17, 15) is 0 Å². The fourth-order valence-corrected chi connectivity index (χ4v) is 1.81. The number of nitrogens with two attached hydrogens (primary N) is 2. The highest BCUT2D eigenvalue weighted by Crippen LogP contribution is 2.20. The van der Waals surface area contributed by atoms with Crippen molar-refractivity contribution in [1.82, 2.24) is 9.78 Å². The molecule has 0 aliphatic heterocycles. The summed E-state index contributed by atoms with van der Waals surface area (Å²) in [5.74, 6) is 0.0705. The van der Waals surface area contributed by atoms with Crippen LogP contribution in [0.2, 0.25) is 5.02 Å². The van der Waals surface area contributed by atoms with Crippen LogP contribution < -0.4 is 11.5 Å². The Morgan fingerprint density at radius 2 is 2.06 bits per heavy atom. The van der Waals surface area contributed by atoms with E-state index in [1.807, 2.05) is 41.2 Å². The van der Waals surface area contributed by atoms with Gasteiger partial charge in [0.25, 0.3) is 0 Å². The van der Waals surface area contributed by atoms with E-state index in [-0.39, 0.29) is 12.0 Å².